The molecule has 2 rings (SSSR count). The summed E-state index contributed by atoms with van der Waals surface area (Å²) in [6.45, 7) is 5.32. The van der Waals surface area contributed by atoms with Crippen molar-refractivity contribution in [3.05, 3.63) is 65.2 Å². The predicted octanol–water partition coefficient (Wildman–Crippen LogP) is 3.33. The smallest absolute Gasteiger partial charge is 0.242 e. The van der Waals surface area contributed by atoms with Gasteiger partial charge < -0.3 is 10.6 Å². The molecule has 1 unspecified atom stereocenters. The molecule has 0 fully saturated rings. The van der Waals surface area contributed by atoms with Crippen molar-refractivity contribution in [1.29, 1.82) is 0 Å². The van der Waals surface area contributed by atoms with Crippen molar-refractivity contribution in [2.24, 2.45) is 4.99 Å². The maximum absolute atomic E-state index is 12.5. The minimum atomic E-state index is -3.49. The molecule has 0 aliphatic heterocycles. The van der Waals surface area contributed by atoms with Crippen LogP contribution in [0.5, 0.6) is 0 Å². The lowest BCUT2D eigenvalue weighted by Crippen LogP contribution is -2.39. The zero-order valence-electron chi connectivity index (χ0n) is 17.6. The quantitative estimate of drug-likeness (QED) is 0.327. The van der Waals surface area contributed by atoms with Gasteiger partial charge in [-0.2, -0.15) is 0 Å². The van der Waals surface area contributed by atoms with E-state index in [1.807, 2.05) is 12.1 Å². The minimum Gasteiger partial charge on any atom is -0.356 e. The van der Waals surface area contributed by atoms with Gasteiger partial charge in [-0.3, -0.25) is 4.99 Å². The largest absolute Gasteiger partial charge is 0.356 e. The molecular formula is C21H31IN4O2S. The van der Waals surface area contributed by atoms with E-state index in [4.69, 9.17) is 0 Å². The van der Waals surface area contributed by atoms with Crippen LogP contribution in [-0.2, 0) is 16.6 Å². The van der Waals surface area contributed by atoms with Crippen LogP contribution in [0.4, 0.5) is 0 Å². The molecule has 0 radical (unpaired) electrons. The Balaban J connectivity index is 0.00000420. The summed E-state index contributed by atoms with van der Waals surface area (Å²) in [5, 5.41) is 6.52. The molecule has 2 N–H and O–H groups in total. The van der Waals surface area contributed by atoms with Crippen LogP contribution in [0.1, 0.15) is 29.5 Å². The molecule has 29 heavy (non-hydrogen) atoms. The van der Waals surface area contributed by atoms with Gasteiger partial charge in [0.1, 0.15) is 0 Å². The highest BCUT2D eigenvalue weighted by molar-refractivity contribution is 14.0. The summed E-state index contributed by atoms with van der Waals surface area (Å²) in [5.41, 5.74) is 3.20. The van der Waals surface area contributed by atoms with E-state index in [-0.39, 0.29) is 24.0 Å². The summed E-state index contributed by atoms with van der Waals surface area (Å²) in [7, 11) is 1.28. The van der Waals surface area contributed by atoms with E-state index in [2.05, 4.69) is 53.7 Å². The van der Waals surface area contributed by atoms with E-state index in [0.717, 1.165) is 6.54 Å². The van der Waals surface area contributed by atoms with Crippen molar-refractivity contribution < 1.29 is 8.42 Å². The van der Waals surface area contributed by atoms with Crippen LogP contribution in [0.3, 0.4) is 0 Å². The monoisotopic (exact) mass is 530 g/mol. The Kier molecular flexibility index (Phi) is 10.1. The maximum Gasteiger partial charge on any atom is 0.242 e. The number of hydrogen-bond donors (Lipinski definition) is 2. The molecule has 0 saturated carbocycles. The van der Waals surface area contributed by atoms with Crippen molar-refractivity contribution in [2.75, 3.05) is 27.7 Å². The predicted molar refractivity (Wildman–Crippen MR) is 131 cm³/mol. The van der Waals surface area contributed by atoms with Crippen LogP contribution in [0, 0.1) is 6.92 Å². The van der Waals surface area contributed by atoms with Crippen LogP contribution in [0.25, 0.3) is 0 Å². The van der Waals surface area contributed by atoms with Crippen LogP contribution in [0.15, 0.2) is 58.4 Å². The molecule has 2 aromatic carbocycles. The molecular weight excluding hydrogens is 499 g/mol. The van der Waals surface area contributed by atoms with Gasteiger partial charge in [0.2, 0.25) is 10.0 Å². The van der Waals surface area contributed by atoms with Gasteiger partial charge >= 0.3 is 0 Å². The van der Waals surface area contributed by atoms with E-state index >= 15 is 0 Å². The average molecular weight is 530 g/mol. The lowest BCUT2D eigenvalue weighted by atomic mass is 10.0. The van der Waals surface area contributed by atoms with E-state index in [1.54, 1.807) is 19.2 Å². The highest BCUT2D eigenvalue weighted by Gasteiger charge is 2.20. The number of sulfonamides is 1. The number of aliphatic imine (C=N–C) groups is 1. The number of nitrogens with zero attached hydrogens (tertiary/aromatic N) is 2. The number of nitrogens with one attached hydrogen (secondary N) is 2. The molecule has 0 saturated heterocycles. The molecule has 0 heterocycles. The van der Waals surface area contributed by atoms with Gasteiger partial charge in [-0.25, -0.2) is 12.7 Å². The van der Waals surface area contributed by atoms with E-state index in [9.17, 15) is 8.42 Å². The first-order valence-electron chi connectivity index (χ1n) is 9.27. The Bertz CT molecular complexity index is 913. The van der Waals surface area contributed by atoms with Crippen molar-refractivity contribution in [3.63, 3.8) is 0 Å². The van der Waals surface area contributed by atoms with Crippen molar-refractivity contribution in [3.8, 4) is 0 Å². The fourth-order valence-corrected chi connectivity index (χ4v) is 3.88. The third kappa shape index (κ3) is 6.97. The first-order chi connectivity index (χ1) is 13.3. The van der Waals surface area contributed by atoms with Crippen LogP contribution in [0.2, 0.25) is 0 Å². The van der Waals surface area contributed by atoms with Crippen molar-refractivity contribution in [1.82, 2.24) is 14.9 Å². The molecule has 0 spiro atoms. The number of aryl methyl sites for hydroxylation is 1. The van der Waals surface area contributed by atoms with E-state index in [0.29, 0.717) is 28.9 Å². The van der Waals surface area contributed by atoms with Gasteiger partial charge in [0.05, 0.1) is 4.90 Å². The second kappa shape index (κ2) is 11.5. The van der Waals surface area contributed by atoms with Gasteiger partial charge in [-0.1, -0.05) is 55.0 Å². The first kappa shape index (κ1) is 25.4. The number of guanidine groups is 1. The second-order valence-electron chi connectivity index (χ2n) is 7.01. The Morgan fingerprint density at radius 3 is 2.28 bits per heavy atom. The fraction of sp³-hybridized carbons (Fsp3) is 0.381. The summed E-state index contributed by atoms with van der Waals surface area (Å²) in [6, 6.07) is 15.5. The zero-order valence-corrected chi connectivity index (χ0v) is 20.8. The molecule has 2 aromatic rings. The fourth-order valence-electron chi connectivity index (χ4n) is 2.76. The zero-order chi connectivity index (χ0) is 20.7. The standard InChI is InChI=1S/C21H30N4O2S.HI/c1-16-10-12-18(13-11-16)17(2)14-23-21(22-3)24-15-19-8-6-7-9-20(19)28(26,27)25(4)5;/h6-13,17H,14-15H2,1-5H3,(H2,22,23,24);1H. The van der Waals surface area contributed by atoms with Crippen molar-refractivity contribution >= 4 is 40.0 Å². The Hall–Kier alpha value is -1.65. The SMILES string of the molecule is CN=C(NCc1ccccc1S(=O)(=O)N(C)C)NCC(C)c1ccc(C)cc1.I. The number of benzene rings is 2. The first-order valence-corrected chi connectivity index (χ1v) is 10.7. The van der Waals surface area contributed by atoms with Gasteiger partial charge in [0.15, 0.2) is 5.96 Å². The number of rotatable bonds is 7. The second-order valence-corrected chi connectivity index (χ2v) is 9.13. The third-order valence-corrected chi connectivity index (χ3v) is 6.54. The van der Waals surface area contributed by atoms with E-state index in [1.165, 1.54) is 29.5 Å². The molecule has 0 amide bonds. The summed E-state index contributed by atoms with van der Waals surface area (Å²) < 4.78 is 26.3. The van der Waals surface area contributed by atoms with Crippen LogP contribution in [-0.4, -0.2) is 46.4 Å². The highest BCUT2D eigenvalue weighted by atomic mass is 127. The van der Waals surface area contributed by atoms with Gasteiger partial charge in [-0.05, 0) is 30.0 Å². The molecule has 1 atom stereocenters. The molecule has 0 bridgehead atoms. The highest BCUT2D eigenvalue weighted by Crippen LogP contribution is 2.18. The number of halogens is 1. The van der Waals surface area contributed by atoms with Gasteiger partial charge in [0, 0.05) is 34.2 Å². The normalized spacial score (nSPS) is 13.0. The van der Waals surface area contributed by atoms with Crippen molar-refractivity contribution in [2.45, 2.75) is 31.2 Å². The maximum atomic E-state index is 12.5. The molecule has 0 aliphatic rings. The van der Waals surface area contributed by atoms with E-state index < -0.39 is 10.0 Å². The number of hydrogen-bond acceptors (Lipinski definition) is 3. The minimum absolute atomic E-state index is 0. The summed E-state index contributed by atoms with van der Waals surface area (Å²) >= 11 is 0. The third-order valence-electron chi connectivity index (χ3n) is 4.62. The molecule has 6 nitrogen and oxygen atoms in total. The topological polar surface area (TPSA) is 73.8 Å². The Labute approximate surface area is 191 Å². The summed E-state index contributed by atoms with van der Waals surface area (Å²) in [6.07, 6.45) is 0. The Morgan fingerprint density at radius 1 is 1.07 bits per heavy atom. The molecule has 160 valence electrons. The molecule has 8 heteroatoms. The summed E-state index contributed by atoms with van der Waals surface area (Å²) in [5.74, 6) is 0.955. The Morgan fingerprint density at radius 2 is 1.69 bits per heavy atom. The average Bonchev–Trinajstić information content (AvgIpc) is 2.68. The van der Waals surface area contributed by atoms with Crippen LogP contribution < -0.4 is 10.6 Å². The molecule has 0 aromatic heterocycles. The van der Waals surface area contributed by atoms with Gasteiger partial charge in [0.25, 0.3) is 0 Å². The van der Waals surface area contributed by atoms with Crippen LogP contribution >= 0.6 is 24.0 Å². The lowest BCUT2D eigenvalue weighted by Gasteiger charge is -2.18. The molecule has 0 aliphatic carbocycles. The summed E-state index contributed by atoms with van der Waals surface area (Å²) in [4.78, 5) is 4.55. The lowest BCUT2D eigenvalue weighted by molar-refractivity contribution is 0.519. The van der Waals surface area contributed by atoms with Gasteiger partial charge in [-0.15, -0.1) is 24.0 Å².